The largest absolute Gasteiger partial charge is 0.494 e. The van der Waals surface area contributed by atoms with E-state index in [1.165, 1.54) is 23.1 Å². The lowest BCUT2D eigenvalue weighted by Gasteiger charge is -2.23. The van der Waals surface area contributed by atoms with Crippen LogP contribution in [0.25, 0.3) is 10.2 Å². The van der Waals surface area contributed by atoms with Crippen molar-refractivity contribution in [3.8, 4) is 5.75 Å². The zero-order valence-corrected chi connectivity index (χ0v) is 11.2. The van der Waals surface area contributed by atoms with Crippen molar-refractivity contribution in [2.24, 2.45) is 0 Å². The molecular formula is C13H17N3OS. The number of anilines is 1. The Labute approximate surface area is 110 Å². The van der Waals surface area contributed by atoms with Gasteiger partial charge in [0.05, 0.1) is 11.8 Å². The third-order valence-corrected chi connectivity index (χ3v) is 4.49. The first-order chi connectivity index (χ1) is 8.79. The van der Waals surface area contributed by atoms with Gasteiger partial charge in [0.1, 0.15) is 11.3 Å². The maximum Gasteiger partial charge on any atom is 0.181 e. The van der Waals surface area contributed by atoms with Gasteiger partial charge in [0, 0.05) is 0 Å². The fourth-order valence-corrected chi connectivity index (χ4v) is 3.58. The monoisotopic (exact) mass is 263 g/mol. The van der Waals surface area contributed by atoms with Crippen LogP contribution in [0, 0.1) is 0 Å². The molecule has 5 heteroatoms. The number of ether oxygens (including phenoxy) is 1. The first kappa shape index (κ1) is 11.7. The average Bonchev–Trinajstić information content (AvgIpc) is 2.80. The summed E-state index contributed by atoms with van der Waals surface area (Å²) >= 11 is 1.57. The van der Waals surface area contributed by atoms with Gasteiger partial charge >= 0.3 is 0 Å². The van der Waals surface area contributed by atoms with Crippen LogP contribution in [0.3, 0.4) is 0 Å². The molecule has 1 aliphatic heterocycles. The number of nitrogens with zero attached hydrogens (tertiary/aromatic N) is 1. The Balaban J connectivity index is 2.11. The molecule has 1 aliphatic rings. The molecule has 0 radical (unpaired) electrons. The zero-order valence-electron chi connectivity index (χ0n) is 10.4. The SMILES string of the molecule is COc1ccc(C2CCNCC2)c2sc(N)nc12. The van der Waals surface area contributed by atoms with E-state index < -0.39 is 0 Å². The Kier molecular flexibility index (Phi) is 3.09. The van der Waals surface area contributed by atoms with Gasteiger partial charge in [-0.3, -0.25) is 0 Å². The molecule has 1 aromatic heterocycles. The van der Waals surface area contributed by atoms with E-state index in [-0.39, 0.29) is 0 Å². The van der Waals surface area contributed by atoms with E-state index in [4.69, 9.17) is 10.5 Å². The van der Waals surface area contributed by atoms with Gasteiger partial charge in [-0.2, -0.15) is 0 Å². The molecule has 0 aliphatic carbocycles. The first-order valence-electron chi connectivity index (χ1n) is 6.23. The third-order valence-electron chi connectivity index (χ3n) is 3.55. The molecule has 2 aromatic rings. The Hall–Kier alpha value is -1.33. The molecule has 1 fully saturated rings. The van der Waals surface area contributed by atoms with Crippen LogP contribution < -0.4 is 15.8 Å². The molecule has 0 spiro atoms. The number of fused-ring (bicyclic) bond motifs is 1. The van der Waals surface area contributed by atoms with Crippen molar-refractivity contribution < 1.29 is 4.74 Å². The van der Waals surface area contributed by atoms with E-state index in [1.807, 2.05) is 6.07 Å². The van der Waals surface area contributed by atoms with Crippen molar-refractivity contribution in [2.75, 3.05) is 25.9 Å². The number of rotatable bonds is 2. The van der Waals surface area contributed by atoms with Gasteiger partial charge in [-0.25, -0.2) is 4.98 Å². The Morgan fingerprint density at radius 2 is 2.17 bits per heavy atom. The lowest BCUT2D eigenvalue weighted by Crippen LogP contribution is -2.26. The van der Waals surface area contributed by atoms with Crippen LogP contribution in [-0.4, -0.2) is 25.2 Å². The highest BCUT2D eigenvalue weighted by Crippen LogP contribution is 2.39. The van der Waals surface area contributed by atoms with Gasteiger partial charge in [-0.15, -0.1) is 0 Å². The van der Waals surface area contributed by atoms with E-state index in [0.29, 0.717) is 11.0 Å². The summed E-state index contributed by atoms with van der Waals surface area (Å²) in [5.41, 5.74) is 8.14. The smallest absolute Gasteiger partial charge is 0.181 e. The number of aromatic nitrogens is 1. The highest BCUT2D eigenvalue weighted by Gasteiger charge is 2.20. The van der Waals surface area contributed by atoms with Crippen molar-refractivity contribution in [1.29, 1.82) is 0 Å². The molecule has 3 N–H and O–H groups in total. The minimum absolute atomic E-state index is 0.611. The second kappa shape index (κ2) is 4.74. The number of nitrogens with two attached hydrogens (primary N) is 1. The minimum Gasteiger partial charge on any atom is -0.494 e. The fourth-order valence-electron chi connectivity index (χ4n) is 2.64. The Bertz CT molecular complexity index is 561. The van der Waals surface area contributed by atoms with Gasteiger partial charge in [0.25, 0.3) is 0 Å². The molecule has 2 heterocycles. The summed E-state index contributed by atoms with van der Waals surface area (Å²) in [6, 6.07) is 4.19. The van der Waals surface area contributed by atoms with Gasteiger partial charge in [0.2, 0.25) is 0 Å². The van der Waals surface area contributed by atoms with Crippen molar-refractivity contribution in [3.05, 3.63) is 17.7 Å². The average molecular weight is 263 g/mol. The second-order valence-corrected chi connectivity index (χ2v) is 5.64. The lowest BCUT2D eigenvalue weighted by molar-refractivity contribution is 0.418. The predicted molar refractivity (Wildman–Crippen MR) is 75.4 cm³/mol. The van der Waals surface area contributed by atoms with Crippen LogP contribution in [0.2, 0.25) is 0 Å². The number of hydrogen-bond acceptors (Lipinski definition) is 5. The van der Waals surface area contributed by atoms with Crippen LogP contribution in [-0.2, 0) is 0 Å². The number of benzene rings is 1. The summed E-state index contributed by atoms with van der Waals surface area (Å²) in [5.74, 6) is 1.43. The third kappa shape index (κ3) is 1.93. The van der Waals surface area contributed by atoms with Gasteiger partial charge in [0.15, 0.2) is 5.13 Å². The fraction of sp³-hybridized carbons (Fsp3) is 0.462. The zero-order chi connectivity index (χ0) is 12.5. The van der Waals surface area contributed by atoms with Crippen LogP contribution >= 0.6 is 11.3 Å². The van der Waals surface area contributed by atoms with Crippen molar-refractivity contribution in [1.82, 2.24) is 10.3 Å². The number of methoxy groups -OCH3 is 1. The quantitative estimate of drug-likeness (QED) is 0.873. The summed E-state index contributed by atoms with van der Waals surface area (Å²) in [5, 5.41) is 4.01. The molecule has 4 nitrogen and oxygen atoms in total. The van der Waals surface area contributed by atoms with E-state index >= 15 is 0 Å². The molecule has 0 amide bonds. The molecule has 1 aromatic carbocycles. The summed E-state index contributed by atoms with van der Waals surface area (Å²) in [6.45, 7) is 2.18. The molecule has 1 saturated heterocycles. The molecule has 0 saturated carbocycles. The second-order valence-electron chi connectivity index (χ2n) is 4.61. The molecule has 0 unspecified atom stereocenters. The first-order valence-corrected chi connectivity index (χ1v) is 7.05. The predicted octanol–water partition coefficient (Wildman–Crippen LogP) is 2.35. The summed E-state index contributed by atoms with van der Waals surface area (Å²) in [4.78, 5) is 4.40. The van der Waals surface area contributed by atoms with Crippen LogP contribution in [0.1, 0.15) is 24.3 Å². The maximum atomic E-state index is 5.85. The molecule has 18 heavy (non-hydrogen) atoms. The molecular weight excluding hydrogens is 246 g/mol. The molecule has 0 atom stereocenters. The van der Waals surface area contributed by atoms with E-state index in [1.54, 1.807) is 18.4 Å². The lowest BCUT2D eigenvalue weighted by atomic mass is 9.90. The highest BCUT2D eigenvalue weighted by atomic mass is 32.1. The van der Waals surface area contributed by atoms with E-state index in [9.17, 15) is 0 Å². The van der Waals surface area contributed by atoms with Crippen LogP contribution in [0.15, 0.2) is 12.1 Å². The summed E-state index contributed by atoms with van der Waals surface area (Å²) in [7, 11) is 1.68. The standard InChI is InChI=1S/C13H17N3OS/c1-17-10-3-2-9(8-4-6-15-7-5-8)12-11(10)16-13(14)18-12/h2-3,8,15H,4-7H2,1H3,(H2,14,16). The number of piperidine rings is 1. The van der Waals surface area contributed by atoms with Gasteiger partial charge in [-0.05, 0) is 43.5 Å². The molecule has 3 rings (SSSR count). The number of nitrogen functional groups attached to an aromatic ring is 1. The molecule has 0 bridgehead atoms. The van der Waals surface area contributed by atoms with Crippen molar-refractivity contribution >= 4 is 26.7 Å². The summed E-state index contributed by atoms with van der Waals surface area (Å²) < 4.78 is 6.55. The van der Waals surface area contributed by atoms with E-state index in [2.05, 4.69) is 16.4 Å². The maximum absolute atomic E-state index is 5.85. The van der Waals surface area contributed by atoms with Crippen molar-refractivity contribution in [2.45, 2.75) is 18.8 Å². The summed E-state index contributed by atoms with van der Waals surface area (Å²) in [6.07, 6.45) is 2.36. The number of nitrogens with one attached hydrogen (secondary N) is 1. The Morgan fingerprint density at radius 1 is 1.39 bits per heavy atom. The van der Waals surface area contributed by atoms with Gasteiger partial charge in [-0.1, -0.05) is 17.4 Å². The minimum atomic E-state index is 0.611. The van der Waals surface area contributed by atoms with E-state index in [0.717, 1.165) is 24.4 Å². The van der Waals surface area contributed by atoms with Crippen LogP contribution in [0.5, 0.6) is 5.75 Å². The number of thiazole rings is 1. The number of hydrogen-bond donors (Lipinski definition) is 2. The van der Waals surface area contributed by atoms with Crippen LogP contribution in [0.4, 0.5) is 5.13 Å². The highest BCUT2D eigenvalue weighted by molar-refractivity contribution is 7.22. The Morgan fingerprint density at radius 3 is 2.89 bits per heavy atom. The van der Waals surface area contributed by atoms with Crippen molar-refractivity contribution in [3.63, 3.8) is 0 Å². The normalized spacial score (nSPS) is 17.2. The topological polar surface area (TPSA) is 60.2 Å². The van der Waals surface area contributed by atoms with Gasteiger partial charge < -0.3 is 15.8 Å². The molecule has 96 valence electrons.